The highest BCUT2D eigenvalue weighted by Gasteiger charge is 2.12. The molecule has 0 aliphatic rings. The zero-order valence-corrected chi connectivity index (χ0v) is 14.4. The molecule has 27 heavy (non-hydrogen) atoms. The van der Waals surface area contributed by atoms with Crippen LogP contribution in [0.3, 0.4) is 0 Å². The van der Waals surface area contributed by atoms with Crippen molar-refractivity contribution in [3.8, 4) is 0 Å². The van der Waals surface area contributed by atoms with Gasteiger partial charge in [-0.1, -0.05) is 12.1 Å². The van der Waals surface area contributed by atoms with E-state index in [9.17, 15) is 14.0 Å². The molecule has 138 valence electrons. The van der Waals surface area contributed by atoms with Gasteiger partial charge in [0.15, 0.2) is 0 Å². The molecule has 3 N–H and O–H groups in total. The van der Waals surface area contributed by atoms with E-state index in [0.717, 1.165) is 0 Å². The van der Waals surface area contributed by atoms with Crippen LogP contribution in [-0.4, -0.2) is 18.4 Å². The number of nitrogens with one attached hydrogen (secondary N) is 3. The normalized spacial score (nSPS) is 10.3. The summed E-state index contributed by atoms with van der Waals surface area (Å²) in [6.07, 6.45) is 1.54. The smallest absolute Gasteiger partial charge is 0.253 e. The van der Waals surface area contributed by atoms with Crippen molar-refractivity contribution in [3.63, 3.8) is 0 Å². The summed E-state index contributed by atoms with van der Waals surface area (Å²) in [5.41, 5.74) is 1.44. The van der Waals surface area contributed by atoms with Crippen molar-refractivity contribution >= 4 is 23.2 Å². The summed E-state index contributed by atoms with van der Waals surface area (Å²) in [7, 11) is 0. The van der Waals surface area contributed by atoms with Crippen LogP contribution < -0.4 is 16.0 Å². The van der Waals surface area contributed by atoms with Crippen molar-refractivity contribution in [2.45, 2.75) is 6.54 Å². The van der Waals surface area contributed by atoms with Gasteiger partial charge in [-0.2, -0.15) is 0 Å². The van der Waals surface area contributed by atoms with E-state index in [4.69, 9.17) is 4.42 Å². The number of carbonyl (C=O) groups is 2. The molecule has 2 amide bonds. The molecular formula is C20H18FN3O3. The van der Waals surface area contributed by atoms with E-state index >= 15 is 0 Å². The standard InChI is InChI=1S/C20H18FN3O3/c21-14-7-9-15(10-8-14)24-19(25)13-22-18-6-2-1-5-17(18)20(26)23-12-16-4-3-11-27-16/h1-11,22H,12-13H2,(H,23,26)(H,24,25). The molecule has 3 rings (SSSR count). The van der Waals surface area contributed by atoms with E-state index in [-0.39, 0.29) is 30.7 Å². The number of furan rings is 1. The van der Waals surface area contributed by atoms with E-state index < -0.39 is 0 Å². The number of anilines is 2. The largest absolute Gasteiger partial charge is 0.467 e. The Balaban J connectivity index is 1.57. The minimum absolute atomic E-state index is 0.0418. The maximum atomic E-state index is 12.9. The van der Waals surface area contributed by atoms with Gasteiger partial charge in [0.05, 0.1) is 24.9 Å². The molecule has 0 aliphatic carbocycles. The average Bonchev–Trinajstić information content (AvgIpc) is 3.20. The second-order valence-corrected chi connectivity index (χ2v) is 5.72. The zero-order chi connectivity index (χ0) is 19.1. The molecule has 6 nitrogen and oxygen atoms in total. The predicted octanol–water partition coefficient (Wildman–Crippen LogP) is 3.40. The van der Waals surface area contributed by atoms with Gasteiger partial charge in [0.2, 0.25) is 5.91 Å². The van der Waals surface area contributed by atoms with Crippen molar-refractivity contribution < 1.29 is 18.4 Å². The minimum atomic E-state index is -0.374. The van der Waals surface area contributed by atoms with Gasteiger partial charge in [-0.25, -0.2) is 4.39 Å². The fourth-order valence-electron chi connectivity index (χ4n) is 2.42. The quantitative estimate of drug-likeness (QED) is 0.598. The SMILES string of the molecule is O=C(CNc1ccccc1C(=O)NCc1ccco1)Nc1ccc(F)cc1. The molecular weight excluding hydrogens is 349 g/mol. The fourth-order valence-corrected chi connectivity index (χ4v) is 2.42. The van der Waals surface area contributed by atoms with Gasteiger partial charge in [0, 0.05) is 11.4 Å². The number of amides is 2. The molecule has 0 fully saturated rings. The lowest BCUT2D eigenvalue weighted by Gasteiger charge is -2.12. The number of rotatable bonds is 7. The van der Waals surface area contributed by atoms with Crippen LogP contribution in [0, 0.1) is 5.82 Å². The minimum Gasteiger partial charge on any atom is -0.467 e. The summed E-state index contributed by atoms with van der Waals surface area (Å²) in [6, 6.07) is 15.9. The zero-order valence-electron chi connectivity index (χ0n) is 14.4. The first-order valence-corrected chi connectivity index (χ1v) is 8.31. The second-order valence-electron chi connectivity index (χ2n) is 5.72. The maximum absolute atomic E-state index is 12.9. The van der Waals surface area contributed by atoms with Gasteiger partial charge in [-0.15, -0.1) is 0 Å². The second kappa shape index (κ2) is 8.66. The van der Waals surface area contributed by atoms with Crippen LogP contribution in [0.25, 0.3) is 0 Å². The summed E-state index contributed by atoms with van der Waals surface area (Å²) in [6.45, 7) is 0.227. The van der Waals surface area contributed by atoms with E-state index in [1.807, 2.05) is 0 Å². The molecule has 0 aliphatic heterocycles. The monoisotopic (exact) mass is 367 g/mol. The molecule has 0 atom stereocenters. The van der Waals surface area contributed by atoms with Gasteiger partial charge >= 0.3 is 0 Å². The Morgan fingerprint density at radius 3 is 2.48 bits per heavy atom. The highest BCUT2D eigenvalue weighted by atomic mass is 19.1. The van der Waals surface area contributed by atoms with Gasteiger partial charge < -0.3 is 20.4 Å². The summed E-state index contributed by atoms with van der Waals surface area (Å²) in [4.78, 5) is 24.5. The third kappa shape index (κ3) is 5.18. The van der Waals surface area contributed by atoms with Crippen molar-refractivity contribution in [1.82, 2.24) is 5.32 Å². The molecule has 0 saturated carbocycles. The van der Waals surface area contributed by atoms with Gasteiger partial charge in [-0.3, -0.25) is 9.59 Å². The summed E-state index contributed by atoms with van der Waals surface area (Å²) < 4.78 is 18.1. The summed E-state index contributed by atoms with van der Waals surface area (Å²) in [5.74, 6) is -0.325. The highest BCUT2D eigenvalue weighted by Crippen LogP contribution is 2.15. The molecule has 2 aromatic carbocycles. The molecule has 0 unspecified atom stereocenters. The van der Waals surface area contributed by atoms with Crippen LogP contribution in [0.2, 0.25) is 0 Å². The van der Waals surface area contributed by atoms with Crippen LogP contribution in [-0.2, 0) is 11.3 Å². The molecule has 1 aromatic heterocycles. The first-order valence-electron chi connectivity index (χ1n) is 8.31. The number of halogens is 1. The van der Waals surface area contributed by atoms with Crippen LogP contribution >= 0.6 is 0 Å². The fraction of sp³-hybridized carbons (Fsp3) is 0.100. The topological polar surface area (TPSA) is 83.4 Å². The molecule has 7 heteroatoms. The number of hydrogen-bond acceptors (Lipinski definition) is 4. The van der Waals surface area contributed by atoms with Gasteiger partial charge in [0.25, 0.3) is 5.91 Å². The lowest BCUT2D eigenvalue weighted by atomic mass is 10.1. The third-order valence-electron chi connectivity index (χ3n) is 3.74. The van der Waals surface area contributed by atoms with Crippen molar-refractivity contribution in [2.24, 2.45) is 0 Å². The number of hydrogen-bond donors (Lipinski definition) is 3. The molecule has 1 heterocycles. The predicted molar refractivity (Wildman–Crippen MR) is 99.8 cm³/mol. The lowest BCUT2D eigenvalue weighted by molar-refractivity contribution is -0.114. The van der Waals surface area contributed by atoms with E-state index in [1.165, 1.54) is 30.5 Å². The average molecular weight is 367 g/mol. The van der Waals surface area contributed by atoms with E-state index in [2.05, 4.69) is 16.0 Å². The van der Waals surface area contributed by atoms with Crippen molar-refractivity contribution in [1.29, 1.82) is 0 Å². The number of para-hydroxylation sites is 1. The van der Waals surface area contributed by atoms with Crippen LogP contribution in [0.1, 0.15) is 16.1 Å². The molecule has 0 spiro atoms. The first kappa shape index (κ1) is 18.2. The van der Waals surface area contributed by atoms with Gasteiger partial charge in [0.1, 0.15) is 11.6 Å². The van der Waals surface area contributed by atoms with Crippen molar-refractivity contribution in [3.05, 3.63) is 84.1 Å². The lowest BCUT2D eigenvalue weighted by Crippen LogP contribution is -2.26. The Hall–Kier alpha value is -3.61. The summed E-state index contributed by atoms with van der Waals surface area (Å²) >= 11 is 0. The number of benzene rings is 2. The third-order valence-corrected chi connectivity index (χ3v) is 3.74. The number of carbonyl (C=O) groups excluding carboxylic acids is 2. The Morgan fingerprint density at radius 1 is 0.963 bits per heavy atom. The van der Waals surface area contributed by atoms with Crippen molar-refractivity contribution in [2.75, 3.05) is 17.2 Å². The van der Waals surface area contributed by atoms with Gasteiger partial charge in [-0.05, 0) is 48.5 Å². The summed E-state index contributed by atoms with van der Waals surface area (Å²) in [5, 5.41) is 8.36. The maximum Gasteiger partial charge on any atom is 0.253 e. The Bertz CT molecular complexity index is 908. The van der Waals surface area contributed by atoms with E-state index in [1.54, 1.807) is 36.4 Å². The first-order chi connectivity index (χ1) is 13.1. The van der Waals surface area contributed by atoms with Crippen LogP contribution in [0.4, 0.5) is 15.8 Å². The Labute approximate surface area is 155 Å². The Morgan fingerprint density at radius 2 is 1.74 bits per heavy atom. The van der Waals surface area contributed by atoms with Crippen LogP contribution in [0.15, 0.2) is 71.3 Å². The van der Waals surface area contributed by atoms with Crippen LogP contribution in [0.5, 0.6) is 0 Å². The molecule has 3 aromatic rings. The molecule has 0 bridgehead atoms. The molecule has 0 saturated heterocycles. The molecule has 0 radical (unpaired) electrons. The van der Waals surface area contributed by atoms with E-state index in [0.29, 0.717) is 22.7 Å². The Kier molecular flexibility index (Phi) is 5.84. The highest BCUT2D eigenvalue weighted by molar-refractivity contribution is 6.00.